The molecule has 0 aromatic heterocycles. The van der Waals surface area contributed by atoms with Crippen LogP contribution in [0.2, 0.25) is 0 Å². The molecule has 6 heavy (non-hydrogen) atoms. The SMILES string of the molecule is O.O.[Cs].[OH-].[OH-].[V+2]. The van der Waals surface area contributed by atoms with Gasteiger partial charge in [-0.05, 0) is 0 Å². The van der Waals surface area contributed by atoms with Gasteiger partial charge in [0.2, 0.25) is 0 Å². The fourth-order valence-corrected chi connectivity index (χ4v) is 0. The summed E-state index contributed by atoms with van der Waals surface area (Å²) in [6.45, 7) is 0. The summed E-state index contributed by atoms with van der Waals surface area (Å²) in [6, 6.07) is 0. The van der Waals surface area contributed by atoms with Crippen LogP contribution in [0.4, 0.5) is 0 Å². The Morgan fingerprint density at radius 3 is 0.667 bits per heavy atom. The fourth-order valence-electron chi connectivity index (χ4n) is 0. The topological polar surface area (TPSA) is 123 Å². The zero-order valence-electron chi connectivity index (χ0n) is 3.34. The third kappa shape index (κ3) is 31.7. The second-order valence-corrected chi connectivity index (χ2v) is 0. The van der Waals surface area contributed by atoms with Gasteiger partial charge in [-0.3, -0.25) is 0 Å². The Balaban J connectivity index is 0. The molecule has 0 atom stereocenters. The third-order valence-corrected chi connectivity index (χ3v) is 0. The monoisotopic (exact) mass is 254 g/mol. The minimum absolute atomic E-state index is 0. The van der Waals surface area contributed by atoms with Gasteiger partial charge >= 0.3 is 18.6 Å². The largest absolute Gasteiger partial charge is 2.00 e. The summed E-state index contributed by atoms with van der Waals surface area (Å²) in [7, 11) is 0. The molecule has 0 aromatic rings. The van der Waals surface area contributed by atoms with Crippen LogP contribution >= 0.6 is 0 Å². The molecule has 6 heteroatoms. The van der Waals surface area contributed by atoms with E-state index in [1.54, 1.807) is 0 Å². The van der Waals surface area contributed by atoms with Gasteiger partial charge in [-0.15, -0.1) is 0 Å². The van der Waals surface area contributed by atoms with Crippen LogP contribution in [0, 0.1) is 0 Å². The zero-order chi connectivity index (χ0) is 0. The second-order valence-electron chi connectivity index (χ2n) is 0. The van der Waals surface area contributed by atoms with Crippen LogP contribution in [0.1, 0.15) is 0 Å². The second kappa shape index (κ2) is 51.1. The summed E-state index contributed by atoms with van der Waals surface area (Å²) in [5.41, 5.74) is 0. The molecule has 0 bridgehead atoms. The summed E-state index contributed by atoms with van der Waals surface area (Å²) >= 11 is 0. The molecule has 0 rings (SSSR count). The molecule has 0 heterocycles. The molecule has 4 nitrogen and oxygen atoms in total. The first-order valence-electron chi connectivity index (χ1n) is 0. The molecule has 36 valence electrons. The van der Waals surface area contributed by atoms with E-state index < -0.39 is 0 Å². The Morgan fingerprint density at radius 2 is 0.667 bits per heavy atom. The summed E-state index contributed by atoms with van der Waals surface area (Å²) in [6.07, 6.45) is 0. The molecule has 6 N–H and O–H groups in total. The predicted molar refractivity (Wildman–Crippen MR) is 16.9 cm³/mol. The molecule has 0 aliphatic carbocycles. The molecular weight excluding hydrogens is 248 g/mol. The van der Waals surface area contributed by atoms with Crippen molar-refractivity contribution in [2.45, 2.75) is 0 Å². The van der Waals surface area contributed by atoms with Crippen molar-refractivity contribution in [3.8, 4) is 0 Å². The van der Waals surface area contributed by atoms with Crippen LogP contribution in [0.5, 0.6) is 0 Å². The minimum atomic E-state index is 0. The Morgan fingerprint density at radius 1 is 0.667 bits per heavy atom. The summed E-state index contributed by atoms with van der Waals surface area (Å²) in [4.78, 5) is 0. The van der Waals surface area contributed by atoms with Crippen LogP contribution in [-0.2, 0) is 18.6 Å². The van der Waals surface area contributed by atoms with Crippen LogP contribution in [-0.4, -0.2) is 90.8 Å². The van der Waals surface area contributed by atoms with Crippen molar-refractivity contribution >= 4 is 68.9 Å². The van der Waals surface area contributed by atoms with Gasteiger partial charge in [-0.25, -0.2) is 0 Å². The fraction of sp³-hybridized carbons (Fsp3) is 0. The Kier molecular flexibility index (Phi) is 658. The van der Waals surface area contributed by atoms with Gasteiger partial charge in [0.25, 0.3) is 0 Å². The minimum Gasteiger partial charge on any atom is -0.870 e. The van der Waals surface area contributed by atoms with Gasteiger partial charge in [0, 0.05) is 68.9 Å². The molecule has 2 radical (unpaired) electrons. The van der Waals surface area contributed by atoms with Crippen molar-refractivity contribution in [3.63, 3.8) is 0 Å². The summed E-state index contributed by atoms with van der Waals surface area (Å²) in [5.74, 6) is 0. The Labute approximate surface area is 107 Å². The van der Waals surface area contributed by atoms with Crippen LogP contribution in [0.25, 0.3) is 0 Å². The van der Waals surface area contributed by atoms with E-state index in [0.717, 1.165) is 0 Å². The van der Waals surface area contributed by atoms with Gasteiger partial charge in [-0.1, -0.05) is 0 Å². The normalized spacial score (nSPS) is 0. The van der Waals surface area contributed by atoms with Crippen molar-refractivity contribution in [1.82, 2.24) is 0 Å². The van der Waals surface area contributed by atoms with Crippen molar-refractivity contribution in [1.29, 1.82) is 0 Å². The van der Waals surface area contributed by atoms with E-state index in [2.05, 4.69) is 0 Å². The van der Waals surface area contributed by atoms with E-state index in [4.69, 9.17) is 0 Å². The van der Waals surface area contributed by atoms with Crippen LogP contribution in [0.15, 0.2) is 0 Å². The van der Waals surface area contributed by atoms with Crippen molar-refractivity contribution in [3.05, 3.63) is 0 Å². The predicted octanol–water partition coefficient (Wildman–Crippen LogP) is -2.39. The maximum atomic E-state index is 0. The van der Waals surface area contributed by atoms with Crippen molar-refractivity contribution in [2.75, 3.05) is 0 Å². The molecule has 0 amide bonds. The van der Waals surface area contributed by atoms with Gasteiger partial charge in [-0.2, -0.15) is 0 Å². The third-order valence-electron chi connectivity index (χ3n) is 0. The molecule has 0 aromatic carbocycles. The molecule has 0 saturated carbocycles. The van der Waals surface area contributed by atoms with Crippen LogP contribution in [0.3, 0.4) is 0 Å². The molecule has 0 aliphatic heterocycles. The van der Waals surface area contributed by atoms with Crippen molar-refractivity contribution < 1.29 is 40.5 Å². The molecular formula is H6CsO4V. The first kappa shape index (κ1) is 77.3. The van der Waals surface area contributed by atoms with E-state index in [1.807, 2.05) is 0 Å². The van der Waals surface area contributed by atoms with Gasteiger partial charge < -0.3 is 21.9 Å². The van der Waals surface area contributed by atoms with E-state index in [9.17, 15) is 0 Å². The standard InChI is InChI=1S/Cs.4H2O.V/h;4*1H2;/q;;;;;+2/p-2. The Hall–Kier alpha value is 2.48. The quantitative estimate of drug-likeness (QED) is 0.478. The number of rotatable bonds is 0. The van der Waals surface area contributed by atoms with Gasteiger partial charge in [0.1, 0.15) is 0 Å². The molecule has 0 spiro atoms. The summed E-state index contributed by atoms with van der Waals surface area (Å²) < 4.78 is 0. The van der Waals surface area contributed by atoms with Gasteiger partial charge in [0.15, 0.2) is 0 Å². The molecule has 0 fully saturated rings. The van der Waals surface area contributed by atoms with E-state index in [1.165, 1.54) is 0 Å². The number of hydrogen-bond donors (Lipinski definition) is 0. The average Bonchev–Trinajstić information content (AvgIpc) is 0. The molecule has 0 unspecified atom stereocenters. The number of hydrogen-bond acceptors (Lipinski definition) is 2. The first-order valence-corrected chi connectivity index (χ1v) is 0. The van der Waals surface area contributed by atoms with Crippen molar-refractivity contribution in [2.24, 2.45) is 0 Å². The average molecular weight is 254 g/mol. The summed E-state index contributed by atoms with van der Waals surface area (Å²) in [5, 5.41) is 0. The van der Waals surface area contributed by atoms with E-state index >= 15 is 0 Å². The smallest absolute Gasteiger partial charge is 0.870 e. The van der Waals surface area contributed by atoms with Crippen LogP contribution < -0.4 is 0 Å². The maximum absolute atomic E-state index is 0. The van der Waals surface area contributed by atoms with E-state index in [-0.39, 0.29) is 109 Å². The van der Waals surface area contributed by atoms with Gasteiger partial charge in [0.05, 0.1) is 0 Å². The zero-order valence-corrected chi connectivity index (χ0v) is 11.0. The first-order chi connectivity index (χ1) is 0. The van der Waals surface area contributed by atoms with E-state index in [0.29, 0.717) is 0 Å². The Bertz CT molecular complexity index is 7.51. The maximum Gasteiger partial charge on any atom is 2.00 e. The molecule has 0 saturated heterocycles. The molecule has 0 aliphatic rings.